The number of sulfonamides is 1. The monoisotopic (exact) mass is 620 g/mol. The van der Waals surface area contributed by atoms with Crippen LogP contribution in [0.3, 0.4) is 0 Å². The summed E-state index contributed by atoms with van der Waals surface area (Å²) in [4.78, 5) is 37.3. The van der Waals surface area contributed by atoms with E-state index in [4.69, 9.17) is 9.88 Å². The molecule has 2 aromatic rings. The number of nitrogens with two attached hydrogens (primary N) is 1. The highest BCUT2D eigenvalue weighted by atomic mass is 79.9. The summed E-state index contributed by atoms with van der Waals surface area (Å²) >= 11 is 6.73. The lowest BCUT2D eigenvalue weighted by Gasteiger charge is -2.25. The maximum absolute atomic E-state index is 12.8. The van der Waals surface area contributed by atoms with Crippen molar-refractivity contribution in [2.45, 2.75) is 4.90 Å². The number of nitrogens with one attached hydrogen (secondary N) is 1. The lowest BCUT2D eigenvalue weighted by atomic mass is 10.1. The molecule has 0 radical (unpaired) electrons. The summed E-state index contributed by atoms with van der Waals surface area (Å²) in [6.07, 6.45) is 0. The molecule has 11 nitrogen and oxygen atoms in total. The molecule has 14 heteroatoms. The summed E-state index contributed by atoms with van der Waals surface area (Å²) < 4.78 is 27.6. The van der Waals surface area contributed by atoms with Gasteiger partial charge in [-0.1, -0.05) is 31.9 Å². The number of nitro groups is 1. The summed E-state index contributed by atoms with van der Waals surface area (Å²) in [6, 6.07) is 8.97. The zero-order valence-electron chi connectivity index (χ0n) is 17.8. The fraction of sp³-hybridized carbons (Fsp3) is 0.300. The van der Waals surface area contributed by atoms with Crippen LogP contribution in [0.5, 0.6) is 0 Å². The molecule has 2 rings (SSSR count). The molecule has 0 aromatic heterocycles. The van der Waals surface area contributed by atoms with Gasteiger partial charge in [0.1, 0.15) is 6.61 Å². The van der Waals surface area contributed by atoms with Crippen molar-refractivity contribution < 1.29 is 27.7 Å². The number of carbonyl (C=O) groups is 2. The largest absolute Gasteiger partial charge is 0.460 e. The Hall–Kier alpha value is -2.55. The van der Waals surface area contributed by atoms with Crippen molar-refractivity contribution in [1.29, 1.82) is 0 Å². The van der Waals surface area contributed by atoms with Crippen LogP contribution in [0.25, 0.3) is 0 Å². The molecule has 3 N–H and O–H groups in total. The third-order valence-electron chi connectivity index (χ3n) is 4.52. The summed E-state index contributed by atoms with van der Waals surface area (Å²) in [7, 11) is -3.88. The normalized spacial score (nSPS) is 11.0. The first-order chi connectivity index (χ1) is 16.1. The minimum atomic E-state index is -3.88. The molecule has 0 bridgehead atoms. The van der Waals surface area contributed by atoms with E-state index in [1.807, 2.05) is 4.90 Å². The summed E-state index contributed by atoms with van der Waals surface area (Å²) in [5.74, 6) is -1.27. The second-order valence-electron chi connectivity index (χ2n) is 6.78. The Kier molecular flexibility index (Phi) is 10.4. The number of nitro benzene ring substituents is 1. The van der Waals surface area contributed by atoms with Gasteiger partial charge in [0.25, 0.3) is 11.6 Å². The van der Waals surface area contributed by atoms with Crippen LogP contribution in [0.1, 0.15) is 20.7 Å². The lowest BCUT2D eigenvalue weighted by Crippen LogP contribution is -2.33. The van der Waals surface area contributed by atoms with Crippen molar-refractivity contribution in [3.05, 3.63) is 63.7 Å². The number of hydrogen-bond donors (Lipinski definition) is 2. The van der Waals surface area contributed by atoms with Crippen LogP contribution in [0.4, 0.5) is 11.4 Å². The first-order valence-corrected chi connectivity index (χ1v) is 13.6. The van der Waals surface area contributed by atoms with Crippen LogP contribution in [0, 0.1) is 10.1 Å². The van der Waals surface area contributed by atoms with E-state index in [0.29, 0.717) is 29.4 Å². The number of primary sulfonamides is 1. The predicted octanol–water partition coefficient (Wildman–Crippen LogP) is 2.43. The number of hydrogen-bond acceptors (Lipinski definition) is 8. The van der Waals surface area contributed by atoms with E-state index < -0.39 is 26.8 Å². The minimum absolute atomic E-state index is 0.0428. The van der Waals surface area contributed by atoms with E-state index in [2.05, 4.69) is 37.2 Å². The summed E-state index contributed by atoms with van der Waals surface area (Å²) in [6.45, 7) is 0.939. The molecule has 0 aliphatic heterocycles. The molecule has 0 spiro atoms. The second-order valence-corrected chi connectivity index (χ2v) is 9.93. The van der Waals surface area contributed by atoms with Crippen molar-refractivity contribution in [2.24, 2.45) is 5.14 Å². The van der Waals surface area contributed by atoms with Gasteiger partial charge >= 0.3 is 5.97 Å². The number of nitrogens with zero attached hydrogens (tertiary/aromatic N) is 2. The zero-order valence-corrected chi connectivity index (χ0v) is 21.8. The average molecular weight is 622 g/mol. The maximum atomic E-state index is 12.8. The molecule has 0 unspecified atom stereocenters. The van der Waals surface area contributed by atoms with Gasteiger partial charge in [-0.25, -0.2) is 18.4 Å². The summed E-state index contributed by atoms with van der Waals surface area (Å²) in [5, 5.41) is 20.1. The predicted molar refractivity (Wildman–Crippen MR) is 133 cm³/mol. The number of non-ortho nitro benzene ring substituents is 1. The van der Waals surface area contributed by atoms with Gasteiger partial charge in [-0.3, -0.25) is 14.9 Å². The minimum Gasteiger partial charge on any atom is -0.460 e. The third-order valence-corrected chi connectivity index (χ3v) is 6.16. The molecule has 0 saturated carbocycles. The smallest absolute Gasteiger partial charge is 0.338 e. The number of benzene rings is 2. The number of anilines is 1. The van der Waals surface area contributed by atoms with Crippen molar-refractivity contribution in [3.8, 4) is 0 Å². The first kappa shape index (κ1) is 27.7. The van der Waals surface area contributed by atoms with E-state index >= 15 is 0 Å². The Balaban J connectivity index is 2.05. The lowest BCUT2D eigenvalue weighted by molar-refractivity contribution is -0.384. The molecule has 1 amide bonds. The number of rotatable bonds is 12. The Morgan fingerprint density at radius 3 is 2.24 bits per heavy atom. The van der Waals surface area contributed by atoms with Gasteiger partial charge in [0.05, 0.1) is 33.2 Å². The molecule has 0 heterocycles. The molecule has 34 heavy (non-hydrogen) atoms. The quantitative estimate of drug-likeness (QED) is 0.120. The maximum Gasteiger partial charge on any atom is 0.338 e. The van der Waals surface area contributed by atoms with Gasteiger partial charge in [-0.05, 0) is 30.3 Å². The highest BCUT2D eigenvalue weighted by Gasteiger charge is 2.20. The first-order valence-electron chi connectivity index (χ1n) is 9.82. The number of alkyl halides is 2. The van der Waals surface area contributed by atoms with Gasteiger partial charge in [-0.2, -0.15) is 0 Å². The summed E-state index contributed by atoms with van der Waals surface area (Å²) in [5.41, 5.74) is 0.552. The number of amides is 1. The molecular weight excluding hydrogens is 600 g/mol. The molecule has 0 atom stereocenters. The van der Waals surface area contributed by atoms with Gasteiger partial charge < -0.3 is 15.0 Å². The van der Waals surface area contributed by atoms with Crippen LogP contribution in [-0.4, -0.2) is 62.1 Å². The van der Waals surface area contributed by atoms with Crippen LogP contribution >= 0.6 is 31.9 Å². The Bertz CT molecular complexity index is 1140. The SMILES string of the molecule is NS(=O)(=O)c1ccc(C(=O)OCCNC(=O)c2cc([N+](=O)[O-])ccc2N(CCBr)CCBr)cc1. The third kappa shape index (κ3) is 7.75. The van der Waals surface area contributed by atoms with Gasteiger partial charge in [0.15, 0.2) is 0 Å². The number of esters is 1. The van der Waals surface area contributed by atoms with Gasteiger partial charge in [0.2, 0.25) is 10.0 Å². The molecule has 0 aliphatic carbocycles. The molecule has 0 aliphatic rings. The van der Waals surface area contributed by atoms with E-state index in [1.165, 1.54) is 42.5 Å². The molecule has 2 aromatic carbocycles. The van der Waals surface area contributed by atoms with Crippen molar-refractivity contribution >= 4 is 65.1 Å². The fourth-order valence-corrected chi connectivity index (χ4v) is 4.29. The van der Waals surface area contributed by atoms with E-state index in [-0.39, 0.29) is 34.9 Å². The van der Waals surface area contributed by atoms with Crippen molar-refractivity contribution in [1.82, 2.24) is 5.32 Å². The van der Waals surface area contributed by atoms with Crippen LogP contribution in [-0.2, 0) is 14.8 Å². The van der Waals surface area contributed by atoms with Crippen molar-refractivity contribution in [3.63, 3.8) is 0 Å². The molecule has 0 fully saturated rings. The number of carbonyl (C=O) groups excluding carboxylic acids is 2. The number of ether oxygens (including phenoxy) is 1. The zero-order chi connectivity index (χ0) is 25.3. The Morgan fingerprint density at radius 2 is 1.71 bits per heavy atom. The standard InChI is InChI=1S/C20H22Br2N4O7S/c21-7-10-25(11-8-22)18-6-3-15(26(29)30)13-17(18)19(27)24-9-12-33-20(28)14-1-4-16(5-2-14)34(23,31)32/h1-6,13H,7-12H2,(H,24,27)(H2,23,31,32). The highest BCUT2D eigenvalue weighted by Crippen LogP contribution is 2.26. The topological polar surface area (TPSA) is 162 Å². The van der Waals surface area contributed by atoms with E-state index in [9.17, 15) is 28.1 Å². The highest BCUT2D eigenvalue weighted by molar-refractivity contribution is 9.09. The van der Waals surface area contributed by atoms with Crippen LogP contribution in [0.2, 0.25) is 0 Å². The molecule has 184 valence electrons. The Labute approximate surface area is 213 Å². The number of halogens is 2. The Morgan fingerprint density at radius 1 is 1.09 bits per heavy atom. The van der Waals surface area contributed by atoms with Gasteiger partial charge in [-0.15, -0.1) is 0 Å². The molecular formula is C20H22Br2N4O7S. The van der Waals surface area contributed by atoms with E-state index in [1.54, 1.807) is 0 Å². The van der Waals surface area contributed by atoms with E-state index in [0.717, 1.165) is 0 Å². The molecule has 0 saturated heterocycles. The van der Waals surface area contributed by atoms with Crippen molar-refractivity contribution in [2.75, 3.05) is 41.8 Å². The second kappa shape index (κ2) is 12.8. The van der Waals surface area contributed by atoms with Crippen LogP contribution < -0.4 is 15.4 Å². The average Bonchev–Trinajstić information content (AvgIpc) is 2.80. The van der Waals surface area contributed by atoms with Gasteiger partial charge in [0, 0.05) is 35.9 Å². The fourth-order valence-electron chi connectivity index (χ4n) is 2.92. The van der Waals surface area contributed by atoms with Crippen LogP contribution in [0.15, 0.2) is 47.4 Å².